The summed E-state index contributed by atoms with van der Waals surface area (Å²) in [6.07, 6.45) is 3.31. The summed E-state index contributed by atoms with van der Waals surface area (Å²) in [5.41, 5.74) is 1.28. The molecule has 0 aromatic carbocycles. The van der Waals surface area contributed by atoms with Gasteiger partial charge in [-0.3, -0.25) is 9.78 Å². The molecule has 0 saturated carbocycles. The topological polar surface area (TPSA) is 55.3 Å². The first-order chi connectivity index (χ1) is 9.65. The number of pyridine rings is 2. The van der Waals surface area contributed by atoms with Gasteiger partial charge in [-0.05, 0) is 31.2 Å². The molecule has 2 aromatic rings. The van der Waals surface area contributed by atoms with Crippen LogP contribution in [0.2, 0.25) is 0 Å². The second-order valence-electron chi connectivity index (χ2n) is 4.41. The van der Waals surface area contributed by atoms with Crippen LogP contribution in [0.5, 0.6) is 5.88 Å². The summed E-state index contributed by atoms with van der Waals surface area (Å²) < 4.78 is 5.13. The van der Waals surface area contributed by atoms with Gasteiger partial charge in [0.15, 0.2) is 0 Å². The van der Waals surface area contributed by atoms with Crippen molar-refractivity contribution in [2.24, 2.45) is 0 Å². The third kappa shape index (κ3) is 2.77. The van der Waals surface area contributed by atoms with Crippen LogP contribution in [0.1, 0.15) is 29.0 Å². The normalized spacial score (nSPS) is 11.8. The lowest BCUT2D eigenvalue weighted by atomic mass is 10.1. The minimum absolute atomic E-state index is 0.131. The first-order valence-electron chi connectivity index (χ1n) is 6.32. The van der Waals surface area contributed by atoms with E-state index in [-0.39, 0.29) is 11.9 Å². The number of methoxy groups -OCH3 is 1. The highest BCUT2D eigenvalue weighted by atomic mass is 16.5. The van der Waals surface area contributed by atoms with Gasteiger partial charge in [0.05, 0.1) is 18.8 Å². The molecule has 2 rings (SSSR count). The van der Waals surface area contributed by atoms with E-state index in [1.807, 2.05) is 25.1 Å². The van der Waals surface area contributed by atoms with Crippen molar-refractivity contribution in [2.75, 3.05) is 14.2 Å². The van der Waals surface area contributed by atoms with Gasteiger partial charge in [0.1, 0.15) is 5.56 Å². The molecule has 0 N–H and O–H groups in total. The van der Waals surface area contributed by atoms with Crippen molar-refractivity contribution in [2.45, 2.75) is 13.0 Å². The maximum Gasteiger partial charge on any atom is 0.259 e. The fraction of sp³-hybridized carbons (Fsp3) is 0.267. The van der Waals surface area contributed by atoms with E-state index in [4.69, 9.17) is 4.74 Å². The van der Waals surface area contributed by atoms with Crippen molar-refractivity contribution in [1.82, 2.24) is 14.9 Å². The van der Waals surface area contributed by atoms with E-state index in [0.717, 1.165) is 5.69 Å². The molecule has 5 heteroatoms. The Hall–Kier alpha value is -2.43. The predicted octanol–water partition coefficient (Wildman–Crippen LogP) is 2.32. The maximum atomic E-state index is 12.5. The minimum atomic E-state index is -0.145. The van der Waals surface area contributed by atoms with E-state index in [1.165, 1.54) is 7.11 Å². The molecule has 1 atom stereocenters. The van der Waals surface area contributed by atoms with Crippen LogP contribution in [0.25, 0.3) is 0 Å². The second kappa shape index (κ2) is 6.14. The molecule has 0 radical (unpaired) electrons. The van der Waals surface area contributed by atoms with E-state index >= 15 is 0 Å². The van der Waals surface area contributed by atoms with Crippen LogP contribution >= 0.6 is 0 Å². The summed E-state index contributed by atoms with van der Waals surface area (Å²) in [7, 11) is 3.25. The number of carbonyl (C=O) groups is 1. The number of ether oxygens (including phenoxy) is 1. The van der Waals surface area contributed by atoms with Gasteiger partial charge < -0.3 is 9.64 Å². The SMILES string of the molecule is COc1ncccc1C(=O)N(C)[C@H](C)c1ccccn1. The number of hydrogen-bond acceptors (Lipinski definition) is 4. The molecular weight excluding hydrogens is 254 g/mol. The number of amides is 1. The Morgan fingerprint density at radius 2 is 1.95 bits per heavy atom. The molecule has 2 aromatic heterocycles. The summed E-state index contributed by atoms with van der Waals surface area (Å²) in [6, 6.07) is 8.94. The average molecular weight is 271 g/mol. The summed E-state index contributed by atoms with van der Waals surface area (Å²) >= 11 is 0. The first kappa shape index (κ1) is 14.0. The van der Waals surface area contributed by atoms with Crippen molar-refractivity contribution in [3.63, 3.8) is 0 Å². The van der Waals surface area contributed by atoms with Crippen LogP contribution in [-0.4, -0.2) is 34.9 Å². The standard InChI is InChI=1S/C15H17N3O2/c1-11(13-8-4-5-9-16-13)18(2)15(19)12-7-6-10-17-14(12)20-3/h4-11H,1-3H3/t11-/m1/s1. The molecule has 5 nitrogen and oxygen atoms in total. The highest BCUT2D eigenvalue weighted by Crippen LogP contribution is 2.22. The van der Waals surface area contributed by atoms with E-state index < -0.39 is 0 Å². The summed E-state index contributed by atoms with van der Waals surface area (Å²) in [5, 5.41) is 0. The van der Waals surface area contributed by atoms with E-state index in [9.17, 15) is 4.79 Å². The molecule has 1 amide bonds. The van der Waals surface area contributed by atoms with Crippen LogP contribution in [-0.2, 0) is 0 Å². The summed E-state index contributed by atoms with van der Waals surface area (Å²) in [4.78, 5) is 22.5. The van der Waals surface area contributed by atoms with Gasteiger partial charge in [-0.2, -0.15) is 0 Å². The molecule has 104 valence electrons. The van der Waals surface area contributed by atoms with Crippen LogP contribution in [0.3, 0.4) is 0 Å². The van der Waals surface area contributed by atoms with Gasteiger partial charge in [0.25, 0.3) is 5.91 Å². The minimum Gasteiger partial charge on any atom is -0.480 e. The molecular formula is C15H17N3O2. The Bertz CT molecular complexity index is 587. The number of carbonyl (C=O) groups excluding carboxylic acids is 1. The molecule has 0 bridgehead atoms. The van der Waals surface area contributed by atoms with E-state index in [1.54, 1.807) is 36.5 Å². The second-order valence-corrected chi connectivity index (χ2v) is 4.41. The highest BCUT2D eigenvalue weighted by molar-refractivity contribution is 5.96. The molecule has 0 saturated heterocycles. The molecule has 2 heterocycles. The Morgan fingerprint density at radius 3 is 2.60 bits per heavy atom. The number of nitrogens with zero attached hydrogens (tertiary/aromatic N) is 3. The highest BCUT2D eigenvalue weighted by Gasteiger charge is 2.22. The van der Waals surface area contributed by atoms with E-state index in [2.05, 4.69) is 9.97 Å². The molecule has 0 fully saturated rings. The lowest BCUT2D eigenvalue weighted by Crippen LogP contribution is -2.30. The van der Waals surface area contributed by atoms with Gasteiger partial charge in [-0.15, -0.1) is 0 Å². The smallest absolute Gasteiger partial charge is 0.259 e. The van der Waals surface area contributed by atoms with Gasteiger partial charge in [0.2, 0.25) is 5.88 Å². The predicted molar refractivity (Wildman–Crippen MR) is 75.5 cm³/mol. The lowest BCUT2D eigenvalue weighted by Gasteiger charge is -2.24. The van der Waals surface area contributed by atoms with E-state index in [0.29, 0.717) is 11.4 Å². The monoisotopic (exact) mass is 271 g/mol. The Balaban J connectivity index is 2.24. The van der Waals surface area contributed by atoms with Crippen LogP contribution < -0.4 is 4.74 Å². The van der Waals surface area contributed by atoms with Crippen molar-refractivity contribution in [3.05, 3.63) is 54.0 Å². The molecule has 20 heavy (non-hydrogen) atoms. The van der Waals surface area contributed by atoms with Crippen molar-refractivity contribution < 1.29 is 9.53 Å². The largest absolute Gasteiger partial charge is 0.480 e. The first-order valence-corrected chi connectivity index (χ1v) is 6.32. The van der Waals surface area contributed by atoms with Crippen molar-refractivity contribution in [1.29, 1.82) is 0 Å². The van der Waals surface area contributed by atoms with Crippen LogP contribution in [0.4, 0.5) is 0 Å². The Morgan fingerprint density at radius 1 is 1.20 bits per heavy atom. The fourth-order valence-corrected chi connectivity index (χ4v) is 1.90. The van der Waals surface area contributed by atoms with Crippen LogP contribution in [0.15, 0.2) is 42.7 Å². The quantitative estimate of drug-likeness (QED) is 0.856. The molecule has 0 aliphatic heterocycles. The van der Waals surface area contributed by atoms with Gasteiger partial charge in [0, 0.05) is 19.4 Å². The lowest BCUT2D eigenvalue weighted by molar-refractivity contribution is 0.0735. The fourth-order valence-electron chi connectivity index (χ4n) is 1.90. The third-order valence-corrected chi connectivity index (χ3v) is 3.21. The molecule has 0 unspecified atom stereocenters. The zero-order valence-corrected chi connectivity index (χ0v) is 11.8. The zero-order chi connectivity index (χ0) is 14.5. The number of aromatic nitrogens is 2. The van der Waals surface area contributed by atoms with Gasteiger partial charge in [-0.25, -0.2) is 4.98 Å². The molecule has 0 aliphatic carbocycles. The van der Waals surface area contributed by atoms with Gasteiger partial charge >= 0.3 is 0 Å². The van der Waals surface area contributed by atoms with Crippen molar-refractivity contribution in [3.8, 4) is 5.88 Å². The molecule has 0 spiro atoms. The Kier molecular flexibility index (Phi) is 4.30. The summed E-state index contributed by atoms with van der Waals surface area (Å²) in [6.45, 7) is 1.93. The average Bonchev–Trinajstić information content (AvgIpc) is 2.53. The number of rotatable bonds is 4. The molecule has 0 aliphatic rings. The third-order valence-electron chi connectivity index (χ3n) is 3.21. The van der Waals surface area contributed by atoms with Crippen LogP contribution in [0, 0.1) is 0 Å². The number of hydrogen-bond donors (Lipinski definition) is 0. The maximum absolute atomic E-state index is 12.5. The summed E-state index contributed by atoms with van der Waals surface area (Å²) in [5.74, 6) is 0.186. The van der Waals surface area contributed by atoms with Gasteiger partial charge in [-0.1, -0.05) is 6.07 Å². The van der Waals surface area contributed by atoms with Crippen molar-refractivity contribution >= 4 is 5.91 Å². The Labute approximate surface area is 118 Å². The zero-order valence-electron chi connectivity index (χ0n) is 11.8.